The fraction of sp³-hybridized carbons (Fsp3) is 0.371. The van der Waals surface area contributed by atoms with Crippen molar-refractivity contribution < 1.29 is 19.8 Å². The third-order valence-electron chi connectivity index (χ3n) is 8.91. The van der Waals surface area contributed by atoms with Crippen LogP contribution < -0.4 is 11.1 Å². The van der Waals surface area contributed by atoms with Gasteiger partial charge in [-0.25, -0.2) is 0 Å². The summed E-state index contributed by atoms with van der Waals surface area (Å²) in [6, 6.07) is 15.8. The van der Waals surface area contributed by atoms with Gasteiger partial charge in [-0.05, 0) is 87.7 Å². The molecule has 5 aromatic rings. The average molecular weight is 553 g/mol. The Kier molecular flexibility index (Phi) is 8.32. The summed E-state index contributed by atoms with van der Waals surface area (Å²) >= 11 is 0. The van der Waals surface area contributed by atoms with Crippen molar-refractivity contribution in [2.45, 2.75) is 77.2 Å². The molecule has 0 aromatic heterocycles. The summed E-state index contributed by atoms with van der Waals surface area (Å²) in [4.78, 5) is 26.0. The normalized spacial score (nSPS) is 15.7. The van der Waals surface area contributed by atoms with Gasteiger partial charge in [-0.1, -0.05) is 69.9 Å². The van der Waals surface area contributed by atoms with E-state index in [-0.39, 0.29) is 17.7 Å². The largest absolute Gasteiger partial charge is 0.507 e. The number of nitrogens with two attached hydrogens (primary N) is 1. The summed E-state index contributed by atoms with van der Waals surface area (Å²) in [5, 5.41) is 28.7. The highest BCUT2D eigenvalue weighted by atomic mass is 16.3. The van der Waals surface area contributed by atoms with Gasteiger partial charge in [-0.3, -0.25) is 9.59 Å². The van der Waals surface area contributed by atoms with Gasteiger partial charge in [0, 0.05) is 29.5 Å². The topological polar surface area (TPSA) is 113 Å². The molecule has 0 heterocycles. The zero-order valence-electron chi connectivity index (χ0n) is 24.2. The maximum Gasteiger partial charge on any atom is 0.252 e. The minimum absolute atomic E-state index is 0.105. The molecule has 2 fully saturated rings. The van der Waals surface area contributed by atoms with E-state index < -0.39 is 5.91 Å². The zero-order chi connectivity index (χ0) is 29.3. The van der Waals surface area contributed by atoms with E-state index in [1.54, 1.807) is 6.07 Å². The lowest BCUT2D eigenvalue weighted by Gasteiger charge is -2.21. The molecule has 0 saturated heterocycles. The standard InChI is InChI=1S/C32H30N2O3.C2H6.CH4O/c33-31(36)24-13-11-21-23-15-16-26(35)30-25(32(37)34-18-7-3-4-8-18)14-12-22(29(23)30)20-10-9-19(27(24)28(20)21)17-5-1-2-6-17;2*1-2/h9-18,35H,1-8H2,(H2,33,36)(H,34,37);1-2H3;2H,1H3. The Bertz CT molecular complexity index is 1710. The number of rotatable bonds is 4. The van der Waals surface area contributed by atoms with Crippen molar-refractivity contribution in [3.63, 3.8) is 0 Å². The molecule has 2 saturated carbocycles. The third-order valence-corrected chi connectivity index (χ3v) is 8.91. The van der Waals surface area contributed by atoms with Crippen molar-refractivity contribution in [2.24, 2.45) is 5.73 Å². The first-order valence-corrected chi connectivity index (χ1v) is 15.0. The molecule has 6 nitrogen and oxygen atoms in total. The molecule has 41 heavy (non-hydrogen) atoms. The van der Waals surface area contributed by atoms with Crippen LogP contribution in [0.5, 0.6) is 5.75 Å². The molecule has 0 spiro atoms. The predicted octanol–water partition coefficient (Wildman–Crippen LogP) is 7.51. The monoisotopic (exact) mass is 552 g/mol. The average Bonchev–Trinajstić information content (AvgIpc) is 3.73. The fourth-order valence-corrected chi connectivity index (χ4v) is 7.20. The van der Waals surface area contributed by atoms with Crippen molar-refractivity contribution >= 4 is 54.9 Å². The molecule has 0 unspecified atom stereocenters. The first kappa shape index (κ1) is 28.6. The SMILES string of the molecule is CC.CO.NC(=O)c1ccc2c3ccc(O)c4c(C(=O)NC5CCCC5)ccc(c5ccc(C6CCCC6)c1c25)c43. The molecule has 0 atom stereocenters. The lowest BCUT2D eigenvalue weighted by atomic mass is 9.82. The van der Waals surface area contributed by atoms with E-state index in [0.717, 1.165) is 83.3 Å². The van der Waals surface area contributed by atoms with Gasteiger partial charge >= 0.3 is 0 Å². The first-order valence-electron chi connectivity index (χ1n) is 15.0. The molecule has 0 bridgehead atoms. The van der Waals surface area contributed by atoms with Crippen molar-refractivity contribution in [3.05, 3.63) is 65.2 Å². The van der Waals surface area contributed by atoms with Crippen LogP contribution in [0.1, 0.15) is 97.4 Å². The Morgan fingerprint density at radius 2 is 1.17 bits per heavy atom. The molecule has 2 amide bonds. The summed E-state index contributed by atoms with van der Waals surface area (Å²) in [6.45, 7) is 4.00. The minimum Gasteiger partial charge on any atom is -0.507 e. The highest BCUT2D eigenvalue weighted by Gasteiger charge is 2.26. The Morgan fingerprint density at radius 3 is 1.76 bits per heavy atom. The number of nitrogens with one attached hydrogen (secondary N) is 1. The van der Waals surface area contributed by atoms with Crippen molar-refractivity contribution in [1.29, 1.82) is 0 Å². The van der Waals surface area contributed by atoms with Crippen LogP contribution >= 0.6 is 0 Å². The molecular weight excluding hydrogens is 512 g/mol. The van der Waals surface area contributed by atoms with Crippen LogP contribution in [0.4, 0.5) is 0 Å². The number of phenols is 1. The summed E-state index contributed by atoms with van der Waals surface area (Å²) in [7, 11) is 1.00. The van der Waals surface area contributed by atoms with Crippen LogP contribution in [-0.4, -0.2) is 35.2 Å². The second-order valence-electron chi connectivity index (χ2n) is 11.0. The van der Waals surface area contributed by atoms with Crippen LogP contribution in [0.25, 0.3) is 43.1 Å². The maximum atomic E-state index is 13.4. The molecular formula is C35H40N2O4. The number of benzene rings is 5. The molecule has 0 radical (unpaired) electrons. The Balaban J connectivity index is 0.000000810. The number of amides is 2. The Labute approximate surface area is 240 Å². The van der Waals surface area contributed by atoms with Gasteiger partial charge in [-0.2, -0.15) is 0 Å². The second-order valence-corrected chi connectivity index (χ2v) is 11.0. The number of primary amides is 1. The number of aliphatic hydroxyl groups is 1. The lowest BCUT2D eigenvalue weighted by Crippen LogP contribution is -2.32. The summed E-state index contributed by atoms with van der Waals surface area (Å²) in [5.41, 5.74) is 8.17. The molecule has 214 valence electrons. The van der Waals surface area contributed by atoms with Crippen LogP contribution in [0, 0.1) is 0 Å². The molecule has 5 N–H and O–H groups in total. The number of aromatic hydroxyl groups is 1. The Morgan fingerprint density at radius 1 is 0.683 bits per heavy atom. The number of hydrogen-bond acceptors (Lipinski definition) is 4. The smallest absolute Gasteiger partial charge is 0.252 e. The summed E-state index contributed by atoms with van der Waals surface area (Å²) in [6.07, 6.45) is 8.92. The summed E-state index contributed by atoms with van der Waals surface area (Å²) < 4.78 is 0. The number of fused-ring (bicyclic) bond motifs is 2. The lowest BCUT2D eigenvalue weighted by molar-refractivity contribution is 0.0938. The fourth-order valence-electron chi connectivity index (χ4n) is 7.20. The molecule has 7 rings (SSSR count). The van der Waals surface area contributed by atoms with Gasteiger partial charge in [0.2, 0.25) is 5.91 Å². The van der Waals surface area contributed by atoms with E-state index >= 15 is 0 Å². The summed E-state index contributed by atoms with van der Waals surface area (Å²) in [5.74, 6) is -0.0236. The zero-order valence-corrected chi connectivity index (χ0v) is 24.2. The number of carbonyl (C=O) groups is 2. The van der Waals surface area contributed by atoms with E-state index in [4.69, 9.17) is 10.8 Å². The van der Waals surface area contributed by atoms with Crippen LogP contribution in [0.15, 0.2) is 48.5 Å². The first-order chi connectivity index (χ1) is 20.0. The quantitative estimate of drug-likeness (QED) is 0.136. The maximum absolute atomic E-state index is 13.4. The van der Waals surface area contributed by atoms with Crippen LogP contribution in [0.2, 0.25) is 0 Å². The highest BCUT2D eigenvalue weighted by Crippen LogP contribution is 2.47. The highest BCUT2D eigenvalue weighted by molar-refractivity contribution is 6.36. The van der Waals surface area contributed by atoms with Gasteiger partial charge in [0.15, 0.2) is 0 Å². The third kappa shape index (κ3) is 4.74. The number of phenolic OH excluding ortho intramolecular Hbond substituents is 1. The molecule has 6 heteroatoms. The predicted molar refractivity (Wildman–Crippen MR) is 168 cm³/mol. The second kappa shape index (κ2) is 11.9. The number of hydrogen-bond donors (Lipinski definition) is 4. The van der Waals surface area contributed by atoms with Crippen molar-refractivity contribution in [2.75, 3.05) is 7.11 Å². The number of carbonyl (C=O) groups excluding carboxylic acids is 2. The van der Waals surface area contributed by atoms with E-state index in [1.165, 1.54) is 18.4 Å². The Hall–Kier alpha value is -3.90. The minimum atomic E-state index is -0.413. The molecule has 2 aliphatic carbocycles. The van der Waals surface area contributed by atoms with E-state index in [9.17, 15) is 14.7 Å². The number of aliphatic hydroxyl groups excluding tert-OH is 1. The van der Waals surface area contributed by atoms with Crippen molar-refractivity contribution in [3.8, 4) is 5.75 Å². The van der Waals surface area contributed by atoms with Crippen molar-refractivity contribution in [1.82, 2.24) is 5.32 Å². The van der Waals surface area contributed by atoms with E-state index in [1.807, 2.05) is 44.2 Å². The van der Waals surface area contributed by atoms with Gasteiger partial charge < -0.3 is 21.3 Å². The van der Waals surface area contributed by atoms with Gasteiger partial charge in [0.05, 0.1) is 5.56 Å². The van der Waals surface area contributed by atoms with Gasteiger partial charge in [0.1, 0.15) is 5.75 Å². The molecule has 2 aliphatic rings. The van der Waals surface area contributed by atoms with Gasteiger partial charge in [-0.15, -0.1) is 0 Å². The molecule has 5 aromatic carbocycles. The van der Waals surface area contributed by atoms with Gasteiger partial charge in [0.25, 0.3) is 5.91 Å². The van der Waals surface area contributed by atoms with Crippen LogP contribution in [-0.2, 0) is 0 Å². The molecule has 0 aliphatic heterocycles. The van der Waals surface area contributed by atoms with E-state index in [0.29, 0.717) is 22.4 Å². The van der Waals surface area contributed by atoms with E-state index in [2.05, 4.69) is 17.4 Å². The van der Waals surface area contributed by atoms with Crippen LogP contribution in [0.3, 0.4) is 0 Å².